The van der Waals surface area contributed by atoms with E-state index >= 15 is 0 Å². The van der Waals surface area contributed by atoms with E-state index in [0.29, 0.717) is 6.54 Å². The highest BCUT2D eigenvalue weighted by atomic mass is 16.2. The van der Waals surface area contributed by atoms with E-state index < -0.39 is 0 Å². The van der Waals surface area contributed by atoms with E-state index in [1.165, 1.54) is 5.56 Å². The number of nitrogens with one attached hydrogen (secondary N) is 1. The average molecular weight is 262 g/mol. The van der Waals surface area contributed by atoms with Gasteiger partial charge in [-0.2, -0.15) is 0 Å². The third-order valence-corrected chi connectivity index (χ3v) is 3.48. The predicted octanol–water partition coefficient (Wildman–Crippen LogP) is -0.0123. The van der Waals surface area contributed by atoms with Gasteiger partial charge < -0.3 is 10.2 Å². The van der Waals surface area contributed by atoms with Crippen molar-refractivity contribution in [2.45, 2.75) is 6.42 Å². The molecule has 0 unspecified atom stereocenters. The molecule has 5 heteroatoms. The number of hydrogen-bond donors (Lipinski definition) is 1. The number of pyridine rings is 1. The maximum Gasteiger partial charge on any atom is 0.236 e. The summed E-state index contributed by atoms with van der Waals surface area (Å²) in [4.78, 5) is 20.1. The zero-order valence-corrected chi connectivity index (χ0v) is 11.5. The molecule has 0 bridgehead atoms. The van der Waals surface area contributed by atoms with Crippen molar-refractivity contribution in [2.24, 2.45) is 0 Å². The number of carbonyl (C=O) groups excluding carboxylic acids is 1. The molecule has 1 aromatic heterocycles. The second-order valence-electron chi connectivity index (χ2n) is 4.95. The molecule has 19 heavy (non-hydrogen) atoms. The van der Waals surface area contributed by atoms with Crippen molar-refractivity contribution in [3.8, 4) is 0 Å². The van der Waals surface area contributed by atoms with E-state index in [4.69, 9.17) is 0 Å². The Balaban J connectivity index is 1.72. The lowest BCUT2D eigenvalue weighted by molar-refractivity contribution is -0.131. The van der Waals surface area contributed by atoms with Crippen LogP contribution in [0.4, 0.5) is 0 Å². The molecule has 1 aromatic rings. The van der Waals surface area contributed by atoms with Gasteiger partial charge in [0.1, 0.15) is 0 Å². The quantitative estimate of drug-likeness (QED) is 0.811. The third kappa shape index (κ3) is 4.61. The Labute approximate surface area is 114 Å². The van der Waals surface area contributed by atoms with Crippen molar-refractivity contribution in [1.29, 1.82) is 0 Å². The minimum absolute atomic E-state index is 0.205. The Morgan fingerprint density at radius 2 is 2.05 bits per heavy atom. The van der Waals surface area contributed by atoms with Gasteiger partial charge in [-0.05, 0) is 24.1 Å². The van der Waals surface area contributed by atoms with Crippen LogP contribution >= 0.6 is 0 Å². The minimum Gasteiger partial charge on any atom is -0.344 e. The standard InChI is InChI=1S/C14H22N4O/c1-17(9-4-13-2-5-15-6-3-13)14(19)12-18-10-7-16-8-11-18/h2-3,5-6,16H,4,7-12H2,1H3. The Bertz CT molecular complexity index is 390. The number of piperazine rings is 1. The summed E-state index contributed by atoms with van der Waals surface area (Å²) >= 11 is 0. The smallest absolute Gasteiger partial charge is 0.236 e. The predicted molar refractivity (Wildman–Crippen MR) is 74.9 cm³/mol. The average Bonchev–Trinajstić information content (AvgIpc) is 2.47. The molecule has 0 aliphatic carbocycles. The number of amides is 1. The molecule has 0 spiro atoms. The zero-order chi connectivity index (χ0) is 13.5. The summed E-state index contributed by atoms with van der Waals surface area (Å²) in [6.45, 7) is 5.18. The van der Waals surface area contributed by atoms with Gasteiger partial charge in [-0.25, -0.2) is 0 Å². The van der Waals surface area contributed by atoms with E-state index in [1.54, 1.807) is 12.4 Å². The maximum atomic E-state index is 12.1. The Morgan fingerprint density at radius 3 is 2.74 bits per heavy atom. The molecule has 0 aromatic carbocycles. The number of carbonyl (C=O) groups is 1. The lowest BCUT2D eigenvalue weighted by Gasteiger charge is -2.28. The Morgan fingerprint density at radius 1 is 1.37 bits per heavy atom. The van der Waals surface area contributed by atoms with Crippen molar-refractivity contribution in [1.82, 2.24) is 20.1 Å². The first-order valence-electron chi connectivity index (χ1n) is 6.81. The number of rotatable bonds is 5. The Kier molecular flexibility index (Phi) is 5.30. The summed E-state index contributed by atoms with van der Waals surface area (Å²) in [7, 11) is 1.88. The molecule has 2 heterocycles. The van der Waals surface area contributed by atoms with Crippen molar-refractivity contribution < 1.29 is 4.79 Å². The molecule has 1 fully saturated rings. The largest absolute Gasteiger partial charge is 0.344 e. The fraction of sp³-hybridized carbons (Fsp3) is 0.571. The summed E-state index contributed by atoms with van der Waals surface area (Å²) in [5.41, 5.74) is 1.22. The molecule has 1 saturated heterocycles. The van der Waals surface area contributed by atoms with Crippen molar-refractivity contribution in [3.63, 3.8) is 0 Å². The minimum atomic E-state index is 0.205. The van der Waals surface area contributed by atoms with Crippen LogP contribution in [0.25, 0.3) is 0 Å². The molecule has 1 aliphatic heterocycles. The van der Waals surface area contributed by atoms with Gasteiger partial charge in [0.2, 0.25) is 5.91 Å². The van der Waals surface area contributed by atoms with Gasteiger partial charge in [-0.3, -0.25) is 14.7 Å². The summed E-state index contributed by atoms with van der Waals surface area (Å²) < 4.78 is 0. The number of nitrogens with zero attached hydrogens (tertiary/aromatic N) is 3. The van der Waals surface area contributed by atoms with Crippen LogP contribution in [0.1, 0.15) is 5.56 Å². The van der Waals surface area contributed by atoms with Crippen LogP contribution in [0.15, 0.2) is 24.5 Å². The van der Waals surface area contributed by atoms with Crippen molar-refractivity contribution >= 4 is 5.91 Å². The normalized spacial score (nSPS) is 16.3. The highest BCUT2D eigenvalue weighted by Crippen LogP contribution is 2.00. The molecule has 104 valence electrons. The van der Waals surface area contributed by atoms with Crippen molar-refractivity contribution in [2.75, 3.05) is 46.3 Å². The summed E-state index contributed by atoms with van der Waals surface area (Å²) in [5, 5.41) is 3.29. The van der Waals surface area contributed by atoms with E-state index in [-0.39, 0.29) is 5.91 Å². The lowest BCUT2D eigenvalue weighted by atomic mass is 10.2. The first kappa shape index (κ1) is 14.0. The molecule has 2 rings (SSSR count). The summed E-state index contributed by atoms with van der Waals surface area (Å²) in [6.07, 6.45) is 4.46. The fourth-order valence-corrected chi connectivity index (χ4v) is 2.15. The summed E-state index contributed by atoms with van der Waals surface area (Å²) in [5.74, 6) is 0.205. The molecule has 0 radical (unpaired) electrons. The second-order valence-corrected chi connectivity index (χ2v) is 4.95. The topological polar surface area (TPSA) is 48.5 Å². The monoisotopic (exact) mass is 262 g/mol. The number of hydrogen-bond acceptors (Lipinski definition) is 4. The van der Waals surface area contributed by atoms with Crippen LogP contribution < -0.4 is 5.32 Å². The van der Waals surface area contributed by atoms with Crippen LogP contribution in [-0.4, -0.2) is 67.0 Å². The second kappa shape index (κ2) is 7.21. The third-order valence-electron chi connectivity index (χ3n) is 3.48. The molecule has 5 nitrogen and oxygen atoms in total. The molecule has 1 aliphatic rings. The molecule has 0 saturated carbocycles. The molecule has 0 atom stereocenters. The van der Waals surface area contributed by atoms with Gasteiger partial charge in [0.15, 0.2) is 0 Å². The van der Waals surface area contributed by atoms with E-state index in [9.17, 15) is 4.79 Å². The summed E-state index contributed by atoms with van der Waals surface area (Å²) in [6, 6.07) is 3.99. The van der Waals surface area contributed by atoms with Gasteiger partial charge in [0.05, 0.1) is 6.54 Å². The molecular formula is C14H22N4O. The highest BCUT2D eigenvalue weighted by molar-refractivity contribution is 5.78. The lowest BCUT2D eigenvalue weighted by Crippen LogP contribution is -2.48. The van der Waals surface area contributed by atoms with E-state index in [0.717, 1.165) is 39.1 Å². The van der Waals surface area contributed by atoms with Gasteiger partial charge in [0.25, 0.3) is 0 Å². The van der Waals surface area contributed by atoms with Crippen LogP contribution in [-0.2, 0) is 11.2 Å². The van der Waals surface area contributed by atoms with E-state index in [2.05, 4.69) is 15.2 Å². The van der Waals surface area contributed by atoms with Gasteiger partial charge in [-0.1, -0.05) is 0 Å². The first-order chi connectivity index (χ1) is 9.25. The van der Waals surface area contributed by atoms with Crippen LogP contribution in [0.5, 0.6) is 0 Å². The Hall–Kier alpha value is -1.46. The van der Waals surface area contributed by atoms with Crippen molar-refractivity contribution in [3.05, 3.63) is 30.1 Å². The zero-order valence-electron chi connectivity index (χ0n) is 11.5. The SMILES string of the molecule is CN(CCc1ccncc1)C(=O)CN1CCNCC1. The van der Waals surface area contributed by atoms with Gasteiger partial charge in [0, 0.05) is 52.2 Å². The number of likely N-dealkylation sites (N-methyl/N-ethyl adjacent to an activating group) is 1. The van der Waals surface area contributed by atoms with Crippen LogP contribution in [0.3, 0.4) is 0 Å². The molecule has 1 amide bonds. The number of aromatic nitrogens is 1. The van der Waals surface area contributed by atoms with Crippen LogP contribution in [0, 0.1) is 0 Å². The van der Waals surface area contributed by atoms with Gasteiger partial charge >= 0.3 is 0 Å². The molecular weight excluding hydrogens is 240 g/mol. The van der Waals surface area contributed by atoms with Gasteiger partial charge in [-0.15, -0.1) is 0 Å². The first-order valence-corrected chi connectivity index (χ1v) is 6.81. The van der Waals surface area contributed by atoms with Crippen LogP contribution in [0.2, 0.25) is 0 Å². The van der Waals surface area contributed by atoms with E-state index in [1.807, 2.05) is 24.1 Å². The molecule has 1 N–H and O–H groups in total. The highest BCUT2D eigenvalue weighted by Gasteiger charge is 2.16. The fourth-order valence-electron chi connectivity index (χ4n) is 2.15. The maximum absolute atomic E-state index is 12.1.